The second kappa shape index (κ2) is 9.21. The van der Waals surface area contributed by atoms with Gasteiger partial charge in [0.2, 0.25) is 5.91 Å². The number of carbonyl (C=O) groups excluding carboxylic acids is 1. The molecule has 1 amide bonds. The van der Waals surface area contributed by atoms with Gasteiger partial charge in [0.15, 0.2) is 0 Å². The monoisotopic (exact) mass is 343 g/mol. The summed E-state index contributed by atoms with van der Waals surface area (Å²) in [4.78, 5) is 22.1. The zero-order chi connectivity index (χ0) is 19.0. The fraction of sp³-hybridized carbons (Fsp3) is 0.429. The minimum absolute atomic E-state index is 0.0148. The Hall–Kier alpha value is -2.36. The van der Waals surface area contributed by atoms with Crippen molar-refractivity contribution in [1.82, 2.24) is 5.32 Å². The van der Waals surface area contributed by atoms with E-state index in [-0.39, 0.29) is 11.4 Å². The molecule has 1 rings (SSSR count). The molecule has 4 nitrogen and oxygen atoms in total. The molecule has 0 radical (unpaired) electrons. The van der Waals surface area contributed by atoms with Crippen molar-refractivity contribution in [1.29, 1.82) is 0 Å². The molecule has 4 heteroatoms. The van der Waals surface area contributed by atoms with Gasteiger partial charge in [0.05, 0.1) is 5.54 Å². The Bertz CT molecular complexity index is 677. The van der Waals surface area contributed by atoms with Crippen LogP contribution in [0.3, 0.4) is 0 Å². The number of hydrogen-bond donors (Lipinski definition) is 2. The summed E-state index contributed by atoms with van der Waals surface area (Å²) in [5.74, 6) is -0.960. The summed E-state index contributed by atoms with van der Waals surface area (Å²) in [5, 5.41) is 11.8. The highest BCUT2D eigenvalue weighted by Gasteiger charge is 2.32. The number of carboxylic acids is 1. The van der Waals surface area contributed by atoms with E-state index in [9.17, 15) is 9.59 Å². The first-order valence-corrected chi connectivity index (χ1v) is 8.57. The lowest BCUT2D eigenvalue weighted by atomic mass is 9.77. The number of allylic oxidation sites excluding steroid dienone is 7. The maximum absolute atomic E-state index is 11.6. The van der Waals surface area contributed by atoms with Gasteiger partial charge in [0, 0.05) is 13.0 Å². The third kappa shape index (κ3) is 6.96. The molecule has 0 unspecified atom stereocenters. The van der Waals surface area contributed by atoms with Crippen molar-refractivity contribution in [3.8, 4) is 0 Å². The number of rotatable bonds is 6. The fourth-order valence-corrected chi connectivity index (χ4v) is 3.16. The molecule has 0 heterocycles. The third-order valence-electron chi connectivity index (χ3n) is 4.32. The maximum Gasteiger partial charge on any atom is 0.328 e. The van der Waals surface area contributed by atoms with E-state index >= 15 is 0 Å². The average molecular weight is 343 g/mol. The second-order valence-electron chi connectivity index (χ2n) is 6.89. The fourth-order valence-electron chi connectivity index (χ4n) is 3.16. The Kier molecular flexibility index (Phi) is 7.62. The smallest absolute Gasteiger partial charge is 0.328 e. The van der Waals surface area contributed by atoms with Crippen molar-refractivity contribution in [3.05, 3.63) is 58.7 Å². The molecule has 0 fully saturated rings. The first-order valence-electron chi connectivity index (χ1n) is 8.57. The highest BCUT2D eigenvalue weighted by atomic mass is 16.4. The molecular weight excluding hydrogens is 314 g/mol. The molecule has 0 saturated carbocycles. The van der Waals surface area contributed by atoms with E-state index in [0.29, 0.717) is 5.57 Å². The van der Waals surface area contributed by atoms with E-state index in [1.165, 1.54) is 17.2 Å². The number of aliphatic carboxylic acids is 1. The highest BCUT2D eigenvalue weighted by molar-refractivity contribution is 5.81. The number of carbonyl (C=O) groups is 2. The van der Waals surface area contributed by atoms with Crippen LogP contribution in [0.15, 0.2) is 58.7 Å². The van der Waals surface area contributed by atoms with E-state index in [1.54, 1.807) is 19.9 Å². The van der Waals surface area contributed by atoms with E-state index < -0.39 is 5.97 Å². The zero-order valence-corrected chi connectivity index (χ0v) is 15.8. The van der Waals surface area contributed by atoms with Gasteiger partial charge >= 0.3 is 5.97 Å². The largest absolute Gasteiger partial charge is 0.478 e. The van der Waals surface area contributed by atoms with Crippen LogP contribution >= 0.6 is 0 Å². The van der Waals surface area contributed by atoms with Crippen LogP contribution in [0, 0.1) is 0 Å². The number of nitrogens with one attached hydrogen (secondary N) is 1. The molecule has 25 heavy (non-hydrogen) atoms. The second-order valence-corrected chi connectivity index (χ2v) is 6.89. The van der Waals surface area contributed by atoms with E-state index in [2.05, 4.69) is 25.2 Å². The van der Waals surface area contributed by atoms with Crippen molar-refractivity contribution in [2.45, 2.75) is 59.4 Å². The van der Waals surface area contributed by atoms with Crippen molar-refractivity contribution in [3.63, 3.8) is 0 Å². The molecule has 1 atom stereocenters. The predicted molar refractivity (Wildman–Crippen MR) is 102 cm³/mol. The van der Waals surface area contributed by atoms with Gasteiger partial charge in [0.25, 0.3) is 0 Å². The molecule has 0 bridgehead atoms. The Morgan fingerprint density at radius 1 is 1.16 bits per heavy atom. The van der Waals surface area contributed by atoms with Crippen LogP contribution in [0.5, 0.6) is 0 Å². The minimum Gasteiger partial charge on any atom is -0.478 e. The van der Waals surface area contributed by atoms with Crippen LogP contribution in [-0.2, 0) is 9.59 Å². The summed E-state index contributed by atoms with van der Waals surface area (Å²) >= 11 is 0. The molecular formula is C21H29NO3. The van der Waals surface area contributed by atoms with Gasteiger partial charge in [-0.2, -0.15) is 0 Å². The molecule has 0 aliphatic heterocycles. The molecule has 136 valence electrons. The molecule has 2 N–H and O–H groups in total. The van der Waals surface area contributed by atoms with E-state index in [0.717, 1.165) is 24.8 Å². The number of amides is 1. The first kappa shape index (κ1) is 20.7. The standard InChI is InChI=1S/C21H29NO3/c1-15(8-6-9-16(2)14-20(24)25)11-12-19-17(3)10-7-13-21(19,5)22-18(4)23/h6,8-9,11-12,14H,7,10,13H2,1-5H3,(H,22,23)(H,24,25)/b9-6+,12-11+,15-8+,16-14+/t21-/m0/s1. The lowest BCUT2D eigenvalue weighted by molar-refractivity contribution is -0.131. The van der Waals surface area contributed by atoms with Crippen LogP contribution in [0.1, 0.15) is 53.9 Å². The maximum atomic E-state index is 11.6. The van der Waals surface area contributed by atoms with Crippen molar-refractivity contribution >= 4 is 11.9 Å². The first-order chi connectivity index (χ1) is 11.6. The van der Waals surface area contributed by atoms with Crippen molar-refractivity contribution in [2.75, 3.05) is 0 Å². The van der Waals surface area contributed by atoms with Gasteiger partial charge < -0.3 is 10.4 Å². The molecule has 0 spiro atoms. The SMILES string of the molecule is CC(=O)N[C@@]1(C)CCCC(C)=C1/C=C/C(C)=C/C=C/C(C)=C/C(=O)O. The Labute approximate surface area is 150 Å². The lowest BCUT2D eigenvalue weighted by Crippen LogP contribution is -2.47. The summed E-state index contributed by atoms with van der Waals surface area (Å²) in [6, 6.07) is 0. The summed E-state index contributed by atoms with van der Waals surface area (Å²) in [6.07, 6.45) is 13.9. The van der Waals surface area contributed by atoms with Gasteiger partial charge in [-0.15, -0.1) is 0 Å². The molecule has 0 aromatic heterocycles. The van der Waals surface area contributed by atoms with Crippen LogP contribution in [0.4, 0.5) is 0 Å². The van der Waals surface area contributed by atoms with Crippen LogP contribution in [0.2, 0.25) is 0 Å². The van der Waals surface area contributed by atoms with Crippen LogP contribution < -0.4 is 5.32 Å². The Morgan fingerprint density at radius 3 is 2.44 bits per heavy atom. The van der Waals surface area contributed by atoms with Gasteiger partial charge in [-0.1, -0.05) is 41.5 Å². The molecule has 0 aromatic carbocycles. The number of carboxylic acid groups (broad SMARTS) is 1. The minimum atomic E-state index is -0.945. The predicted octanol–water partition coefficient (Wildman–Crippen LogP) is 4.47. The average Bonchev–Trinajstić information content (AvgIpc) is 2.44. The molecule has 1 aliphatic rings. The normalized spacial score (nSPS) is 22.8. The third-order valence-corrected chi connectivity index (χ3v) is 4.32. The highest BCUT2D eigenvalue weighted by Crippen LogP contribution is 2.34. The quantitative estimate of drug-likeness (QED) is 0.552. The number of hydrogen-bond acceptors (Lipinski definition) is 2. The van der Waals surface area contributed by atoms with Gasteiger partial charge in [0.1, 0.15) is 0 Å². The van der Waals surface area contributed by atoms with Gasteiger partial charge in [-0.05, 0) is 58.1 Å². The Balaban J connectivity index is 2.93. The summed E-state index contributed by atoms with van der Waals surface area (Å²) in [7, 11) is 0. The zero-order valence-electron chi connectivity index (χ0n) is 15.8. The summed E-state index contributed by atoms with van der Waals surface area (Å²) < 4.78 is 0. The molecule has 1 aliphatic carbocycles. The summed E-state index contributed by atoms with van der Waals surface area (Å²) in [5.41, 5.74) is 3.90. The summed E-state index contributed by atoms with van der Waals surface area (Å²) in [6.45, 7) is 9.50. The van der Waals surface area contributed by atoms with Gasteiger partial charge in [-0.25, -0.2) is 4.79 Å². The Morgan fingerprint density at radius 2 is 1.84 bits per heavy atom. The van der Waals surface area contributed by atoms with Crippen molar-refractivity contribution in [2.24, 2.45) is 0 Å². The van der Waals surface area contributed by atoms with Crippen LogP contribution in [-0.4, -0.2) is 22.5 Å². The topological polar surface area (TPSA) is 66.4 Å². The van der Waals surface area contributed by atoms with Crippen LogP contribution in [0.25, 0.3) is 0 Å². The van der Waals surface area contributed by atoms with Crippen molar-refractivity contribution < 1.29 is 14.7 Å². The van der Waals surface area contributed by atoms with Gasteiger partial charge in [-0.3, -0.25) is 4.79 Å². The molecule has 0 saturated heterocycles. The van der Waals surface area contributed by atoms with E-state index in [4.69, 9.17) is 5.11 Å². The lowest BCUT2D eigenvalue weighted by Gasteiger charge is -2.37. The molecule has 0 aromatic rings. The van der Waals surface area contributed by atoms with E-state index in [1.807, 2.05) is 25.2 Å².